The summed E-state index contributed by atoms with van der Waals surface area (Å²) in [7, 11) is -3.54. The molecule has 0 aliphatic rings. The van der Waals surface area contributed by atoms with Gasteiger partial charge in [0.1, 0.15) is 4.90 Å². The first kappa shape index (κ1) is 16.9. The second-order valence-electron chi connectivity index (χ2n) is 4.66. The Labute approximate surface area is 120 Å². The van der Waals surface area contributed by atoms with Crippen LogP contribution in [0.3, 0.4) is 0 Å². The molecule has 20 heavy (non-hydrogen) atoms. The number of nitrogens with two attached hydrogens (primary N) is 1. The summed E-state index contributed by atoms with van der Waals surface area (Å²) in [6.45, 7) is 4.96. The summed E-state index contributed by atoms with van der Waals surface area (Å²) in [6, 6.07) is 6.51. The number of benzene rings is 1. The van der Waals surface area contributed by atoms with Crippen molar-refractivity contribution in [2.45, 2.75) is 37.7 Å². The minimum absolute atomic E-state index is 0.154. The number of hydrazine groups is 1. The molecular formula is C13H23N3O3S. The Balaban J connectivity index is 2.46. The van der Waals surface area contributed by atoms with Gasteiger partial charge in [-0.3, -0.25) is 5.84 Å². The highest BCUT2D eigenvalue weighted by molar-refractivity contribution is 7.89. The van der Waals surface area contributed by atoms with Crippen LogP contribution in [0.4, 0.5) is 5.69 Å². The summed E-state index contributed by atoms with van der Waals surface area (Å²) in [5.41, 5.74) is 2.76. The van der Waals surface area contributed by atoms with Crippen LogP contribution in [0.5, 0.6) is 0 Å². The van der Waals surface area contributed by atoms with Gasteiger partial charge in [0.15, 0.2) is 0 Å². The van der Waals surface area contributed by atoms with E-state index >= 15 is 0 Å². The normalized spacial score (nSPS) is 11.8. The van der Waals surface area contributed by atoms with Crippen LogP contribution in [0.1, 0.15) is 26.7 Å². The smallest absolute Gasteiger partial charge is 0.242 e. The minimum atomic E-state index is -3.54. The lowest BCUT2D eigenvalue weighted by atomic mass is 10.3. The van der Waals surface area contributed by atoms with Crippen molar-refractivity contribution in [2.75, 3.05) is 18.6 Å². The quantitative estimate of drug-likeness (QED) is 0.365. The Kier molecular flexibility index (Phi) is 6.94. The van der Waals surface area contributed by atoms with E-state index in [0.717, 1.165) is 12.8 Å². The van der Waals surface area contributed by atoms with Crippen molar-refractivity contribution in [3.05, 3.63) is 24.3 Å². The summed E-state index contributed by atoms with van der Waals surface area (Å²) in [4.78, 5) is 0.154. The van der Waals surface area contributed by atoms with Crippen LogP contribution in [-0.2, 0) is 14.8 Å². The van der Waals surface area contributed by atoms with Crippen LogP contribution < -0.4 is 16.0 Å². The number of hydrogen-bond acceptors (Lipinski definition) is 5. The van der Waals surface area contributed by atoms with Crippen molar-refractivity contribution in [3.63, 3.8) is 0 Å². The maximum absolute atomic E-state index is 12.1. The molecule has 0 fully saturated rings. The highest BCUT2D eigenvalue weighted by atomic mass is 32.2. The van der Waals surface area contributed by atoms with Crippen LogP contribution in [0, 0.1) is 0 Å². The second kappa shape index (κ2) is 8.21. The Morgan fingerprint density at radius 1 is 1.25 bits per heavy atom. The number of ether oxygens (including phenoxy) is 1. The number of rotatable bonds is 9. The zero-order valence-corrected chi connectivity index (χ0v) is 12.7. The standard InChI is InChI=1S/C13H23N3O3S/c1-11(2)19-10-6-5-9-15-20(17,18)13-8-4-3-7-12(13)16-14/h3-4,7-8,11,15-16H,5-6,9-10,14H2,1-2H3. The lowest BCUT2D eigenvalue weighted by molar-refractivity contribution is 0.0762. The predicted octanol–water partition coefficient (Wildman–Crippen LogP) is 1.46. The van der Waals surface area contributed by atoms with Crippen molar-refractivity contribution in [2.24, 2.45) is 5.84 Å². The highest BCUT2D eigenvalue weighted by Gasteiger charge is 2.16. The molecule has 0 amide bonds. The molecule has 0 heterocycles. The molecule has 114 valence electrons. The van der Waals surface area contributed by atoms with Gasteiger partial charge in [0.05, 0.1) is 11.8 Å². The van der Waals surface area contributed by atoms with Crippen LogP contribution in [0.15, 0.2) is 29.2 Å². The number of sulfonamides is 1. The van der Waals surface area contributed by atoms with Crippen molar-refractivity contribution in [1.29, 1.82) is 0 Å². The fraction of sp³-hybridized carbons (Fsp3) is 0.538. The second-order valence-corrected chi connectivity index (χ2v) is 6.40. The first-order chi connectivity index (χ1) is 9.47. The van der Waals surface area contributed by atoms with Crippen molar-refractivity contribution >= 4 is 15.7 Å². The molecule has 0 atom stereocenters. The van der Waals surface area contributed by atoms with E-state index in [0.29, 0.717) is 18.8 Å². The van der Waals surface area contributed by atoms with E-state index in [1.165, 1.54) is 6.07 Å². The average Bonchev–Trinajstić information content (AvgIpc) is 2.42. The number of nitrogens with one attached hydrogen (secondary N) is 2. The number of anilines is 1. The summed E-state index contributed by atoms with van der Waals surface area (Å²) in [5.74, 6) is 5.31. The lowest BCUT2D eigenvalue weighted by Crippen LogP contribution is -2.26. The largest absolute Gasteiger partial charge is 0.379 e. The fourth-order valence-electron chi connectivity index (χ4n) is 1.65. The molecule has 0 saturated carbocycles. The first-order valence-electron chi connectivity index (χ1n) is 6.64. The first-order valence-corrected chi connectivity index (χ1v) is 8.12. The monoisotopic (exact) mass is 301 g/mol. The molecule has 0 aliphatic heterocycles. The summed E-state index contributed by atoms with van der Waals surface area (Å²) in [5, 5.41) is 0. The van der Waals surface area contributed by atoms with Gasteiger partial charge in [-0.05, 0) is 38.8 Å². The van der Waals surface area contributed by atoms with E-state index in [1.54, 1.807) is 18.2 Å². The van der Waals surface area contributed by atoms with Gasteiger partial charge in [-0.2, -0.15) is 0 Å². The van der Waals surface area contributed by atoms with E-state index in [1.807, 2.05) is 13.8 Å². The van der Waals surface area contributed by atoms with Gasteiger partial charge in [0.2, 0.25) is 10.0 Å². The topological polar surface area (TPSA) is 93.4 Å². The molecule has 4 N–H and O–H groups in total. The van der Waals surface area contributed by atoms with E-state index in [-0.39, 0.29) is 11.0 Å². The molecule has 0 aliphatic carbocycles. The van der Waals surface area contributed by atoms with Gasteiger partial charge < -0.3 is 10.2 Å². The SMILES string of the molecule is CC(C)OCCCCNS(=O)(=O)c1ccccc1NN. The van der Waals surface area contributed by atoms with Gasteiger partial charge in [-0.15, -0.1) is 0 Å². The van der Waals surface area contributed by atoms with Gasteiger partial charge in [0.25, 0.3) is 0 Å². The molecule has 1 rings (SSSR count). The molecule has 0 unspecified atom stereocenters. The van der Waals surface area contributed by atoms with E-state index < -0.39 is 10.0 Å². The molecule has 1 aromatic rings. The molecule has 0 aromatic heterocycles. The van der Waals surface area contributed by atoms with Crippen molar-refractivity contribution < 1.29 is 13.2 Å². The number of unbranched alkanes of at least 4 members (excludes halogenated alkanes) is 1. The van der Waals surface area contributed by atoms with Crippen LogP contribution in [0.2, 0.25) is 0 Å². The van der Waals surface area contributed by atoms with Gasteiger partial charge in [-0.25, -0.2) is 13.1 Å². The van der Waals surface area contributed by atoms with Crippen LogP contribution in [0.25, 0.3) is 0 Å². The predicted molar refractivity (Wildman–Crippen MR) is 79.8 cm³/mol. The van der Waals surface area contributed by atoms with Gasteiger partial charge in [0, 0.05) is 13.2 Å². The zero-order valence-electron chi connectivity index (χ0n) is 11.9. The molecule has 0 radical (unpaired) electrons. The number of hydrogen-bond donors (Lipinski definition) is 3. The maximum atomic E-state index is 12.1. The maximum Gasteiger partial charge on any atom is 0.242 e. The summed E-state index contributed by atoms with van der Waals surface area (Å²) >= 11 is 0. The molecule has 0 spiro atoms. The Hall–Kier alpha value is -1.15. The molecule has 7 heteroatoms. The van der Waals surface area contributed by atoms with E-state index in [2.05, 4.69) is 10.1 Å². The molecule has 6 nitrogen and oxygen atoms in total. The summed E-state index contributed by atoms with van der Waals surface area (Å²) in [6.07, 6.45) is 1.75. The average molecular weight is 301 g/mol. The number of para-hydroxylation sites is 1. The Morgan fingerprint density at radius 3 is 2.60 bits per heavy atom. The minimum Gasteiger partial charge on any atom is -0.379 e. The van der Waals surface area contributed by atoms with Crippen LogP contribution in [-0.4, -0.2) is 27.7 Å². The number of nitrogen functional groups attached to an aromatic ring is 1. The highest BCUT2D eigenvalue weighted by Crippen LogP contribution is 2.19. The third-order valence-electron chi connectivity index (χ3n) is 2.65. The molecule has 0 bridgehead atoms. The molecule has 1 aromatic carbocycles. The van der Waals surface area contributed by atoms with Gasteiger partial charge >= 0.3 is 0 Å². The third kappa shape index (κ3) is 5.46. The summed E-state index contributed by atoms with van der Waals surface area (Å²) < 4.78 is 32.2. The third-order valence-corrected chi connectivity index (χ3v) is 4.17. The van der Waals surface area contributed by atoms with E-state index in [4.69, 9.17) is 10.6 Å². The van der Waals surface area contributed by atoms with Crippen molar-refractivity contribution in [1.82, 2.24) is 4.72 Å². The van der Waals surface area contributed by atoms with Crippen molar-refractivity contribution in [3.8, 4) is 0 Å². The van der Waals surface area contributed by atoms with E-state index in [9.17, 15) is 8.42 Å². The zero-order chi connectivity index (χ0) is 15.0. The molecular weight excluding hydrogens is 278 g/mol. The van der Waals surface area contributed by atoms with Gasteiger partial charge in [-0.1, -0.05) is 12.1 Å². The molecule has 0 saturated heterocycles. The Bertz CT molecular complexity index is 503. The lowest BCUT2D eigenvalue weighted by Gasteiger charge is -2.11. The van der Waals surface area contributed by atoms with Crippen LogP contribution >= 0.6 is 0 Å². The fourth-order valence-corrected chi connectivity index (χ4v) is 2.89. The Morgan fingerprint density at radius 2 is 1.95 bits per heavy atom.